The lowest BCUT2D eigenvalue weighted by atomic mass is 10.1. The summed E-state index contributed by atoms with van der Waals surface area (Å²) in [5, 5.41) is 3.55. The molecular weight excluding hydrogens is 545 g/mol. The second kappa shape index (κ2) is 13.1. The number of anilines is 1. The Morgan fingerprint density at radius 2 is 1.61 bits per heavy atom. The van der Waals surface area contributed by atoms with Crippen LogP contribution in [0.2, 0.25) is 10.0 Å². The minimum atomic E-state index is -4.11. The van der Waals surface area contributed by atoms with Crippen molar-refractivity contribution in [3.63, 3.8) is 0 Å². The second-order valence-corrected chi connectivity index (χ2v) is 11.4. The van der Waals surface area contributed by atoms with Gasteiger partial charge >= 0.3 is 0 Å². The normalized spacial score (nSPS) is 12.0. The number of nitrogens with zero attached hydrogens (tertiary/aromatic N) is 2. The summed E-state index contributed by atoms with van der Waals surface area (Å²) in [5.41, 5.74) is 1.82. The predicted octanol–water partition coefficient (Wildman–Crippen LogP) is 5.44. The molecule has 0 saturated carbocycles. The molecule has 7 nitrogen and oxygen atoms in total. The van der Waals surface area contributed by atoms with Crippen LogP contribution < -0.4 is 9.62 Å². The summed E-state index contributed by atoms with van der Waals surface area (Å²) in [6, 6.07) is 18.9. The van der Waals surface area contributed by atoms with Gasteiger partial charge in [-0.3, -0.25) is 13.9 Å². The van der Waals surface area contributed by atoms with Gasteiger partial charge < -0.3 is 10.2 Å². The topological polar surface area (TPSA) is 86.8 Å². The van der Waals surface area contributed by atoms with Crippen molar-refractivity contribution in [3.05, 3.63) is 94.0 Å². The second-order valence-electron chi connectivity index (χ2n) is 8.74. The Labute approximate surface area is 234 Å². The highest BCUT2D eigenvalue weighted by Crippen LogP contribution is 2.27. The van der Waals surface area contributed by atoms with E-state index in [0.717, 1.165) is 9.87 Å². The molecule has 0 bridgehead atoms. The number of likely N-dealkylation sites (N-methyl/N-ethyl adjacent to an activating group) is 1. The van der Waals surface area contributed by atoms with E-state index in [2.05, 4.69) is 5.32 Å². The van der Waals surface area contributed by atoms with Crippen molar-refractivity contribution >= 4 is 50.7 Å². The first-order chi connectivity index (χ1) is 18.1. The molecule has 0 saturated heterocycles. The third-order valence-electron chi connectivity index (χ3n) is 6.02. The molecule has 0 fully saturated rings. The van der Waals surface area contributed by atoms with Gasteiger partial charge in [0.2, 0.25) is 11.8 Å². The van der Waals surface area contributed by atoms with E-state index in [-0.39, 0.29) is 17.3 Å². The largest absolute Gasteiger partial charge is 0.355 e. The lowest BCUT2D eigenvalue weighted by Gasteiger charge is -2.33. The first-order valence-corrected chi connectivity index (χ1v) is 14.4. The van der Waals surface area contributed by atoms with E-state index in [4.69, 9.17) is 23.2 Å². The van der Waals surface area contributed by atoms with Crippen molar-refractivity contribution in [1.29, 1.82) is 0 Å². The Morgan fingerprint density at radius 1 is 0.947 bits per heavy atom. The van der Waals surface area contributed by atoms with E-state index in [0.29, 0.717) is 34.3 Å². The molecule has 10 heteroatoms. The van der Waals surface area contributed by atoms with Crippen LogP contribution in [0.15, 0.2) is 77.7 Å². The van der Waals surface area contributed by atoms with Crippen molar-refractivity contribution in [2.75, 3.05) is 17.4 Å². The number of halogens is 2. The minimum absolute atomic E-state index is 0.00230. The maximum Gasteiger partial charge on any atom is 0.264 e. The molecule has 0 aliphatic heterocycles. The molecule has 0 unspecified atom stereocenters. The number of carbonyl (C=O) groups excluding carboxylic acids is 2. The van der Waals surface area contributed by atoms with Gasteiger partial charge in [-0.25, -0.2) is 8.42 Å². The third-order valence-corrected chi connectivity index (χ3v) is 8.40. The van der Waals surface area contributed by atoms with Gasteiger partial charge in [0, 0.05) is 23.1 Å². The Morgan fingerprint density at radius 3 is 2.18 bits per heavy atom. The number of rotatable bonds is 11. The molecule has 1 atom stereocenters. The lowest BCUT2D eigenvalue weighted by Crippen LogP contribution is -2.52. The summed E-state index contributed by atoms with van der Waals surface area (Å²) in [5.74, 6) is -0.880. The van der Waals surface area contributed by atoms with Crippen LogP contribution >= 0.6 is 23.2 Å². The van der Waals surface area contributed by atoms with E-state index in [1.165, 1.54) is 17.0 Å². The molecule has 0 radical (unpaired) electrons. The van der Waals surface area contributed by atoms with Gasteiger partial charge in [0.15, 0.2) is 0 Å². The van der Waals surface area contributed by atoms with Gasteiger partial charge in [-0.15, -0.1) is 0 Å². The number of carbonyl (C=O) groups is 2. The quantitative estimate of drug-likeness (QED) is 0.330. The number of nitrogens with one attached hydrogen (secondary N) is 1. The Bertz CT molecular complexity index is 1370. The molecule has 38 heavy (non-hydrogen) atoms. The smallest absolute Gasteiger partial charge is 0.264 e. The molecule has 0 spiro atoms. The van der Waals surface area contributed by atoms with E-state index in [1.807, 2.05) is 6.92 Å². The number of benzene rings is 3. The lowest BCUT2D eigenvalue weighted by molar-refractivity contribution is -0.140. The fourth-order valence-corrected chi connectivity index (χ4v) is 5.89. The average Bonchev–Trinajstić information content (AvgIpc) is 2.89. The highest BCUT2D eigenvalue weighted by Gasteiger charge is 2.33. The molecule has 2 amide bonds. The monoisotopic (exact) mass is 575 g/mol. The van der Waals surface area contributed by atoms with Gasteiger partial charge in [-0.2, -0.15) is 0 Å². The molecule has 0 aliphatic rings. The molecule has 0 heterocycles. The van der Waals surface area contributed by atoms with Gasteiger partial charge in [-0.05, 0) is 62.2 Å². The maximum atomic E-state index is 13.9. The highest BCUT2D eigenvalue weighted by atomic mass is 35.5. The van der Waals surface area contributed by atoms with Crippen molar-refractivity contribution in [2.24, 2.45) is 0 Å². The summed E-state index contributed by atoms with van der Waals surface area (Å²) in [6.07, 6.45) is 0.318. The van der Waals surface area contributed by atoms with Crippen LogP contribution in [0.1, 0.15) is 31.4 Å². The maximum absolute atomic E-state index is 13.9. The first-order valence-electron chi connectivity index (χ1n) is 12.2. The zero-order valence-corrected chi connectivity index (χ0v) is 23.9. The van der Waals surface area contributed by atoms with Gasteiger partial charge in [0.25, 0.3) is 10.0 Å². The average molecular weight is 577 g/mol. The summed E-state index contributed by atoms with van der Waals surface area (Å²) in [7, 11) is -4.11. The zero-order chi connectivity index (χ0) is 27.9. The van der Waals surface area contributed by atoms with Crippen LogP contribution in [-0.4, -0.2) is 44.3 Å². The van der Waals surface area contributed by atoms with Crippen molar-refractivity contribution in [2.45, 2.75) is 44.7 Å². The van der Waals surface area contributed by atoms with Gasteiger partial charge in [-0.1, -0.05) is 72.1 Å². The number of para-hydroxylation sites is 1. The summed E-state index contributed by atoms with van der Waals surface area (Å²) in [6.45, 7) is 5.32. The van der Waals surface area contributed by atoms with Gasteiger partial charge in [0.05, 0.1) is 10.6 Å². The minimum Gasteiger partial charge on any atom is -0.355 e. The number of sulfonamides is 1. The Hall–Kier alpha value is -3.07. The number of hydrogen-bond donors (Lipinski definition) is 1. The number of amides is 2. The third kappa shape index (κ3) is 7.07. The molecule has 3 aromatic rings. The predicted molar refractivity (Wildman–Crippen MR) is 152 cm³/mol. The van der Waals surface area contributed by atoms with Crippen molar-refractivity contribution in [3.8, 4) is 0 Å². The Balaban J connectivity index is 2.05. The van der Waals surface area contributed by atoms with E-state index < -0.39 is 28.5 Å². The molecule has 0 aromatic heterocycles. The number of aryl methyl sites for hydroxylation is 1. The van der Waals surface area contributed by atoms with E-state index in [1.54, 1.807) is 74.5 Å². The van der Waals surface area contributed by atoms with Crippen LogP contribution in [0.5, 0.6) is 0 Å². The molecule has 3 rings (SSSR count). The zero-order valence-electron chi connectivity index (χ0n) is 21.5. The fourth-order valence-electron chi connectivity index (χ4n) is 4.01. The molecular formula is C28H31Cl2N3O4S. The molecule has 202 valence electrons. The Kier molecular flexibility index (Phi) is 10.2. The van der Waals surface area contributed by atoms with E-state index >= 15 is 0 Å². The fraction of sp³-hybridized carbons (Fsp3) is 0.286. The van der Waals surface area contributed by atoms with Crippen LogP contribution in [0, 0.1) is 6.92 Å². The highest BCUT2D eigenvalue weighted by molar-refractivity contribution is 7.92. The van der Waals surface area contributed by atoms with Crippen LogP contribution in [-0.2, 0) is 26.2 Å². The summed E-state index contributed by atoms with van der Waals surface area (Å²) >= 11 is 12.5. The standard InChI is InChI=1S/C28H31Cl2N3O4S/c1-4-26(28(35)31-5-2)32(18-21-13-14-22(29)17-25(21)30)27(34)19-33(23-9-7-6-8-10-23)38(36,37)24-15-11-20(3)12-16-24/h6-17,26H,4-5,18-19H2,1-3H3,(H,31,35)/t26-/m0/s1. The van der Waals surface area contributed by atoms with Crippen molar-refractivity contribution in [1.82, 2.24) is 10.2 Å². The van der Waals surface area contributed by atoms with E-state index in [9.17, 15) is 18.0 Å². The molecule has 3 aromatic carbocycles. The van der Waals surface area contributed by atoms with Crippen LogP contribution in [0.25, 0.3) is 0 Å². The van der Waals surface area contributed by atoms with Crippen LogP contribution in [0.3, 0.4) is 0 Å². The molecule has 1 N–H and O–H groups in total. The summed E-state index contributed by atoms with van der Waals surface area (Å²) < 4.78 is 28.6. The SMILES string of the molecule is CCNC(=O)[C@H](CC)N(Cc1ccc(Cl)cc1Cl)C(=O)CN(c1ccccc1)S(=O)(=O)c1ccc(C)cc1. The first kappa shape index (κ1) is 29.5. The summed E-state index contributed by atoms with van der Waals surface area (Å²) in [4.78, 5) is 28.3. The van der Waals surface area contributed by atoms with Crippen molar-refractivity contribution < 1.29 is 18.0 Å². The number of hydrogen-bond acceptors (Lipinski definition) is 4. The van der Waals surface area contributed by atoms with Gasteiger partial charge in [0.1, 0.15) is 12.6 Å². The molecule has 0 aliphatic carbocycles. The van der Waals surface area contributed by atoms with Crippen LogP contribution in [0.4, 0.5) is 5.69 Å².